The standard InChI is InChI=1S/C26H36N4O2/c1-26(2,3)22-12-10-21(11-13-22)25(32)28-20-24(31)27-14-7-15-29-16-18-30(19-17-29)23-8-5-4-6-9-23/h4-6,8-13H,7,14-20H2,1-3H3,(H,27,31)(H,28,32). The van der Waals surface area contributed by atoms with E-state index in [1.165, 1.54) is 11.3 Å². The first-order valence-corrected chi connectivity index (χ1v) is 11.5. The number of piperazine rings is 1. The number of amides is 2. The molecule has 0 saturated carbocycles. The molecule has 32 heavy (non-hydrogen) atoms. The van der Waals surface area contributed by atoms with Crippen molar-refractivity contribution in [1.29, 1.82) is 0 Å². The van der Waals surface area contributed by atoms with Gasteiger partial charge in [0.15, 0.2) is 0 Å². The number of carbonyl (C=O) groups is 2. The predicted octanol–water partition coefficient (Wildman–Crippen LogP) is 3.04. The van der Waals surface area contributed by atoms with Gasteiger partial charge in [-0.2, -0.15) is 0 Å². The Labute approximate surface area is 192 Å². The summed E-state index contributed by atoms with van der Waals surface area (Å²) in [4.78, 5) is 29.2. The summed E-state index contributed by atoms with van der Waals surface area (Å²) in [6.45, 7) is 12.1. The van der Waals surface area contributed by atoms with Crippen LogP contribution in [0.4, 0.5) is 5.69 Å². The number of para-hydroxylation sites is 1. The number of nitrogens with one attached hydrogen (secondary N) is 2. The summed E-state index contributed by atoms with van der Waals surface area (Å²) in [5, 5.41) is 5.60. The molecule has 2 aromatic rings. The lowest BCUT2D eigenvalue weighted by molar-refractivity contribution is -0.120. The third-order valence-electron chi connectivity index (χ3n) is 5.89. The molecule has 0 spiro atoms. The molecule has 2 aromatic carbocycles. The maximum atomic E-state index is 12.3. The molecule has 6 heteroatoms. The Morgan fingerprint density at radius 1 is 0.875 bits per heavy atom. The van der Waals surface area contributed by atoms with Gasteiger partial charge in [0.05, 0.1) is 6.54 Å². The van der Waals surface area contributed by atoms with Crippen molar-refractivity contribution in [1.82, 2.24) is 15.5 Å². The number of anilines is 1. The van der Waals surface area contributed by atoms with E-state index in [9.17, 15) is 9.59 Å². The van der Waals surface area contributed by atoms with Crippen molar-refractivity contribution in [2.75, 3.05) is 50.7 Å². The molecule has 0 radical (unpaired) electrons. The Hall–Kier alpha value is -2.86. The molecule has 1 saturated heterocycles. The minimum Gasteiger partial charge on any atom is -0.369 e. The van der Waals surface area contributed by atoms with Crippen molar-refractivity contribution >= 4 is 17.5 Å². The summed E-state index contributed by atoms with van der Waals surface area (Å²) in [6, 6.07) is 18.1. The topological polar surface area (TPSA) is 64.7 Å². The van der Waals surface area contributed by atoms with E-state index in [0.29, 0.717) is 12.1 Å². The van der Waals surface area contributed by atoms with E-state index < -0.39 is 0 Å². The second kappa shape index (κ2) is 11.1. The largest absolute Gasteiger partial charge is 0.369 e. The Morgan fingerprint density at radius 3 is 2.16 bits per heavy atom. The normalized spacial score (nSPS) is 14.8. The molecule has 0 aromatic heterocycles. The Morgan fingerprint density at radius 2 is 1.53 bits per heavy atom. The van der Waals surface area contributed by atoms with Crippen molar-refractivity contribution in [3.8, 4) is 0 Å². The minimum absolute atomic E-state index is 0.00436. The van der Waals surface area contributed by atoms with Gasteiger partial charge in [0.2, 0.25) is 5.91 Å². The first-order chi connectivity index (χ1) is 15.3. The highest BCUT2D eigenvalue weighted by Crippen LogP contribution is 2.22. The summed E-state index contributed by atoms with van der Waals surface area (Å²) in [5.41, 5.74) is 3.07. The van der Waals surface area contributed by atoms with Crippen molar-refractivity contribution in [2.45, 2.75) is 32.6 Å². The SMILES string of the molecule is CC(C)(C)c1ccc(C(=O)NCC(=O)NCCCN2CCN(c3ccccc3)CC2)cc1. The van der Waals surface area contributed by atoms with Crippen LogP contribution in [0.5, 0.6) is 0 Å². The molecule has 172 valence electrons. The molecule has 0 bridgehead atoms. The minimum atomic E-state index is -0.225. The molecule has 0 aliphatic carbocycles. The number of rotatable bonds is 8. The van der Waals surface area contributed by atoms with Gasteiger partial charge >= 0.3 is 0 Å². The Balaban J connectivity index is 1.28. The number of hydrogen-bond acceptors (Lipinski definition) is 4. The van der Waals surface area contributed by atoms with Crippen LogP contribution >= 0.6 is 0 Å². The van der Waals surface area contributed by atoms with E-state index in [2.05, 4.69) is 65.5 Å². The molecule has 2 N–H and O–H groups in total. The fraction of sp³-hybridized carbons (Fsp3) is 0.462. The molecular formula is C26H36N4O2. The molecule has 0 atom stereocenters. The summed E-state index contributed by atoms with van der Waals surface area (Å²) in [6.07, 6.45) is 0.902. The van der Waals surface area contributed by atoms with Gasteiger partial charge in [-0.3, -0.25) is 14.5 Å². The van der Waals surface area contributed by atoms with Crippen molar-refractivity contribution in [2.24, 2.45) is 0 Å². The van der Waals surface area contributed by atoms with E-state index in [0.717, 1.165) is 39.1 Å². The molecule has 0 unspecified atom stereocenters. The predicted molar refractivity (Wildman–Crippen MR) is 130 cm³/mol. The van der Waals surface area contributed by atoms with Crippen LogP contribution < -0.4 is 15.5 Å². The van der Waals surface area contributed by atoms with E-state index in [-0.39, 0.29) is 23.8 Å². The smallest absolute Gasteiger partial charge is 0.251 e. The van der Waals surface area contributed by atoms with Crippen molar-refractivity contribution in [3.63, 3.8) is 0 Å². The second-order valence-electron chi connectivity index (χ2n) is 9.38. The monoisotopic (exact) mass is 436 g/mol. The fourth-order valence-electron chi connectivity index (χ4n) is 3.85. The van der Waals surface area contributed by atoms with Crippen LogP contribution in [0.2, 0.25) is 0 Å². The zero-order valence-electron chi connectivity index (χ0n) is 19.6. The van der Waals surface area contributed by atoms with Gasteiger partial charge in [0, 0.05) is 44.0 Å². The lowest BCUT2D eigenvalue weighted by Crippen LogP contribution is -2.47. The molecule has 6 nitrogen and oxygen atoms in total. The molecule has 1 heterocycles. The molecule has 1 aliphatic rings. The van der Waals surface area contributed by atoms with Gasteiger partial charge in [-0.15, -0.1) is 0 Å². The summed E-state index contributed by atoms with van der Waals surface area (Å²) in [7, 11) is 0. The van der Waals surface area contributed by atoms with Gasteiger partial charge in [0.1, 0.15) is 0 Å². The highest BCUT2D eigenvalue weighted by Gasteiger charge is 2.17. The molecule has 1 fully saturated rings. The second-order valence-corrected chi connectivity index (χ2v) is 9.38. The van der Waals surface area contributed by atoms with Crippen molar-refractivity contribution < 1.29 is 9.59 Å². The summed E-state index contributed by atoms with van der Waals surface area (Å²) >= 11 is 0. The first-order valence-electron chi connectivity index (χ1n) is 11.5. The van der Waals surface area contributed by atoms with E-state index >= 15 is 0 Å². The molecule has 1 aliphatic heterocycles. The number of benzene rings is 2. The molecular weight excluding hydrogens is 400 g/mol. The average Bonchev–Trinajstić information content (AvgIpc) is 2.81. The van der Waals surface area contributed by atoms with E-state index in [4.69, 9.17) is 0 Å². The maximum Gasteiger partial charge on any atom is 0.251 e. The van der Waals surface area contributed by atoms with Crippen LogP contribution in [0.25, 0.3) is 0 Å². The fourth-order valence-corrected chi connectivity index (χ4v) is 3.85. The van der Waals surface area contributed by atoms with Gasteiger partial charge in [0.25, 0.3) is 5.91 Å². The Bertz CT molecular complexity index is 867. The third kappa shape index (κ3) is 7.09. The van der Waals surface area contributed by atoms with Crippen LogP contribution in [0.15, 0.2) is 54.6 Å². The first kappa shape index (κ1) is 23.8. The average molecular weight is 437 g/mol. The summed E-state index contributed by atoms with van der Waals surface area (Å²) < 4.78 is 0. The molecule has 3 rings (SSSR count). The number of hydrogen-bond donors (Lipinski definition) is 2. The van der Waals surface area contributed by atoms with Gasteiger partial charge in [-0.05, 0) is 48.2 Å². The van der Waals surface area contributed by atoms with Crippen LogP contribution in [0.1, 0.15) is 43.1 Å². The highest BCUT2D eigenvalue weighted by molar-refractivity contribution is 5.96. The number of nitrogens with zero attached hydrogens (tertiary/aromatic N) is 2. The lowest BCUT2D eigenvalue weighted by Gasteiger charge is -2.36. The lowest BCUT2D eigenvalue weighted by atomic mass is 9.87. The zero-order chi connectivity index (χ0) is 23.0. The van der Waals surface area contributed by atoms with Crippen LogP contribution in [0, 0.1) is 0 Å². The van der Waals surface area contributed by atoms with E-state index in [1.54, 1.807) is 0 Å². The van der Waals surface area contributed by atoms with Crippen LogP contribution in [-0.4, -0.2) is 62.5 Å². The quantitative estimate of drug-likeness (QED) is 0.625. The van der Waals surface area contributed by atoms with Crippen LogP contribution in [0.3, 0.4) is 0 Å². The zero-order valence-corrected chi connectivity index (χ0v) is 19.6. The third-order valence-corrected chi connectivity index (χ3v) is 5.89. The van der Waals surface area contributed by atoms with Gasteiger partial charge < -0.3 is 15.5 Å². The highest BCUT2D eigenvalue weighted by atomic mass is 16.2. The summed E-state index contributed by atoms with van der Waals surface area (Å²) in [5.74, 6) is -0.379. The van der Waals surface area contributed by atoms with Gasteiger partial charge in [-0.25, -0.2) is 0 Å². The molecule has 2 amide bonds. The van der Waals surface area contributed by atoms with Gasteiger partial charge in [-0.1, -0.05) is 51.1 Å². The van der Waals surface area contributed by atoms with Crippen LogP contribution in [-0.2, 0) is 10.2 Å². The maximum absolute atomic E-state index is 12.3. The van der Waals surface area contributed by atoms with E-state index in [1.807, 2.05) is 30.3 Å². The Kier molecular flexibility index (Phi) is 8.28. The van der Waals surface area contributed by atoms with Crippen molar-refractivity contribution in [3.05, 3.63) is 65.7 Å². The number of carbonyl (C=O) groups excluding carboxylic acids is 2.